The molecule has 2 atom stereocenters. The Balaban J connectivity index is 1.89. The second-order valence-electron chi connectivity index (χ2n) is 5.13. The van der Waals surface area contributed by atoms with E-state index < -0.39 is 0 Å². The number of rotatable bonds is 5. The molecule has 1 nitrogen and oxygen atoms in total. The summed E-state index contributed by atoms with van der Waals surface area (Å²) in [6.45, 7) is 3.35. The molecular formula is C15H21Cl2NS. The molecule has 2 rings (SSSR count). The van der Waals surface area contributed by atoms with E-state index in [4.69, 9.17) is 23.2 Å². The van der Waals surface area contributed by atoms with Gasteiger partial charge in [0, 0.05) is 16.2 Å². The van der Waals surface area contributed by atoms with Gasteiger partial charge in [-0.1, -0.05) is 36.5 Å². The summed E-state index contributed by atoms with van der Waals surface area (Å²) in [5.74, 6) is 0. The first-order chi connectivity index (χ1) is 9.19. The Morgan fingerprint density at radius 3 is 2.84 bits per heavy atom. The van der Waals surface area contributed by atoms with E-state index in [-0.39, 0.29) is 0 Å². The van der Waals surface area contributed by atoms with E-state index in [9.17, 15) is 0 Å². The Labute approximate surface area is 130 Å². The van der Waals surface area contributed by atoms with Gasteiger partial charge in [0.25, 0.3) is 0 Å². The SMILES string of the molecule is CCCNC1CCCC(Sc2ccc(Cl)c(Cl)c2)C1. The predicted octanol–water partition coefficient (Wildman–Crippen LogP) is 5.40. The smallest absolute Gasteiger partial charge is 0.0603 e. The first kappa shape index (κ1) is 15.5. The Bertz CT molecular complexity index is 411. The summed E-state index contributed by atoms with van der Waals surface area (Å²) >= 11 is 14.0. The molecule has 1 aliphatic rings. The first-order valence-corrected chi connectivity index (χ1v) is 8.67. The molecule has 4 heteroatoms. The maximum absolute atomic E-state index is 6.07. The van der Waals surface area contributed by atoms with E-state index in [0.717, 1.165) is 6.54 Å². The average Bonchev–Trinajstić information content (AvgIpc) is 2.41. The summed E-state index contributed by atoms with van der Waals surface area (Å²) in [6.07, 6.45) is 6.40. The lowest BCUT2D eigenvalue weighted by Crippen LogP contribution is -2.35. The zero-order valence-electron chi connectivity index (χ0n) is 11.3. The molecule has 0 heterocycles. The molecule has 0 saturated heterocycles. The van der Waals surface area contributed by atoms with Gasteiger partial charge in [-0.3, -0.25) is 0 Å². The highest BCUT2D eigenvalue weighted by Gasteiger charge is 2.22. The minimum absolute atomic E-state index is 0.636. The van der Waals surface area contributed by atoms with Crippen LogP contribution in [0.5, 0.6) is 0 Å². The third-order valence-corrected chi connectivity index (χ3v) is 5.53. The lowest BCUT2D eigenvalue weighted by Gasteiger charge is -2.29. The molecule has 19 heavy (non-hydrogen) atoms. The highest BCUT2D eigenvalue weighted by atomic mass is 35.5. The van der Waals surface area contributed by atoms with Crippen LogP contribution in [0.15, 0.2) is 23.1 Å². The van der Waals surface area contributed by atoms with Crippen molar-refractivity contribution in [3.05, 3.63) is 28.2 Å². The molecule has 1 saturated carbocycles. The normalized spacial score (nSPS) is 23.5. The summed E-state index contributed by atoms with van der Waals surface area (Å²) in [7, 11) is 0. The number of hydrogen-bond donors (Lipinski definition) is 1. The van der Waals surface area contributed by atoms with Crippen LogP contribution in [0.2, 0.25) is 10.0 Å². The molecule has 2 unspecified atom stereocenters. The highest BCUT2D eigenvalue weighted by molar-refractivity contribution is 8.00. The summed E-state index contributed by atoms with van der Waals surface area (Å²) in [4.78, 5) is 1.23. The van der Waals surface area contributed by atoms with Crippen LogP contribution in [0.25, 0.3) is 0 Å². The minimum atomic E-state index is 0.636. The second kappa shape index (κ2) is 7.78. The molecule has 1 N–H and O–H groups in total. The molecule has 1 aromatic rings. The van der Waals surface area contributed by atoms with Crippen molar-refractivity contribution in [2.75, 3.05) is 6.54 Å². The summed E-state index contributed by atoms with van der Waals surface area (Å²) in [5, 5.41) is 5.63. The van der Waals surface area contributed by atoms with Gasteiger partial charge in [-0.25, -0.2) is 0 Å². The predicted molar refractivity (Wildman–Crippen MR) is 86.7 cm³/mol. The van der Waals surface area contributed by atoms with Crippen molar-refractivity contribution in [1.82, 2.24) is 5.32 Å². The third kappa shape index (κ3) is 4.86. The summed E-state index contributed by atoms with van der Waals surface area (Å²) < 4.78 is 0. The number of hydrogen-bond acceptors (Lipinski definition) is 2. The van der Waals surface area contributed by atoms with Gasteiger partial charge < -0.3 is 5.32 Å². The molecule has 0 amide bonds. The van der Waals surface area contributed by atoms with Crippen molar-refractivity contribution in [2.24, 2.45) is 0 Å². The van der Waals surface area contributed by atoms with E-state index in [2.05, 4.69) is 18.3 Å². The monoisotopic (exact) mass is 317 g/mol. The van der Waals surface area contributed by atoms with Crippen LogP contribution in [-0.4, -0.2) is 17.8 Å². The van der Waals surface area contributed by atoms with Crippen molar-refractivity contribution < 1.29 is 0 Å². The van der Waals surface area contributed by atoms with Gasteiger partial charge in [-0.15, -0.1) is 11.8 Å². The Hall–Kier alpha value is 0.110. The average molecular weight is 318 g/mol. The van der Waals surface area contributed by atoms with Crippen LogP contribution in [-0.2, 0) is 0 Å². The van der Waals surface area contributed by atoms with Gasteiger partial charge in [0.1, 0.15) is 0 Å². The van der Waals surface area contributed by atoms with Crippen LogP contribution >= 0.6 is 35.0 Å². The van der Waals surface area contributed by atoms with Crippen LogP contribution in [0, 0.1) is 0 Å². The van der Waals surface area contributed by atoms with E-state index >= 15 is 0 Å². The molecule has 1 fully saturated rings. The fourth-order valence-electron chi connectivity index (χ4n) is 2.53. The minimum Gasteiger partial charge on any atom is -0.314 e. The molecule has 0 bridgehead atoms. The Kier molecular flexibility index (Phi) is 6.34. The first-order valence-electron chi connectivity index (χ1n) is 7.04. The van der Waals surface area contributed by atoms with Crippen LogP contribution in [0.3, 0.4) is 0 Å². The number of thioether (sulfide) groups is 1. The highest BCUT2D eigenvalue weighted by Crippen LogP contribution is 2.36. The number of nitrogens with one attached hydrogen (secondary N) is 1. The van der Waals surface area contributed by atoms with Gasteiger partial charge in [0.05, 0.1) is 10.0 Å². The van der Waals surface area contributed by atoms with Crippen molar-refractivity contribution >= 4 is 35.0 Å². The van der Waals surface area contributed by atoms with Gasteiger partial charge in [-0.05, 0) is 50.4 Å². The standard InChI is InChI=1S/C15H21Cl2NS/c1-2-8-18-11-4-3-5-12(9-11)19-13-6-7-14(16)15(17)10-13/h6-7,10-12,18H,2-5,8-9H2,1H3. The van der Waals surface area contributed by atoms with Gasteiger partial charge in [0.15, 0.2) is 0 Å². The number of benzene rings is 1. The van der Waals surface area contributed by atoms with Crippen molar-refractivity contribution in [3.63, 3.8) is 0 Å². The summed E-state index contributed by atoms with van der Waals surface area (Å²) in [5.41, 5.74) is 0. The Morgan fingerprint density at radius 1 is 1.26 bits per heavy atom. The number of halogens is 2. The van der Waals surface area contributed by atoms with E-state index in [1.165, 1.54) is 37.0 Å². The van der Waals surface area contributed by atoms with Crippen molar-refractivity contribution in [1.29, 1.82) is 0 Å². The van der Waals surface area contributed by atoms with Crippen LogP contribution in [0.1, 0.15) is 39.0 Å². The molecule has 1 aromatic carbocycles. The topological polar surface area (TPSA) is 12.0 Å². The van der Waals surface area contributed by atoms with Gasteiger partial charge in [0.2, 0.25) is 0 Å². The lowest BCUT2D eigenvalue weighted by molar-refractivity contribution is 0.381. The van der Waals surface area contributed by atoms with E-state index in [1.807, 2.05) is 23.9 Å². The molecule has 0 spiro atoms. The quantitative estimate of drug-likeness (QED) is 0.780. The Morgan fingerprint density at radius 2 is 2.11 bits per heavy atom. The maximum atomic E-state index is 6.07. The van der Waals surface area contributed by atoms with Crippen molar-refractivity contribution in [3.8, 4) is 0 Å². The molecular weight excluding hydrogens is 297 g/mol. The molecule has 0 radical (unpaired) electrons. The largest absolute Gasteiger partial charge is 0.314 e. The van der Waals surface area contributed by atoms with Gasteiger partial charge >= 0.3 is 0 Å². The molecule has 106 valence electrons. The zero-order valence-corrected chi connectivity index (χ0v) is 13.6. The van der Waals surface area contributed by atoms with Crippen molar-refractivity contribution in [2.45, 2.75) is 55.2 Å². The maximum Gasteiger partial charge on any atom is 0.0603 e. The summed E-state index contributed by atoms with van der Waals surface area (Å²) in [6, 6.07) is 6.63. The van der Waals surface area contributed by atoms with E-state index in [1.54, 1.807) is 0 Å². The lowest BCUT2D eigenvalue weighted by atomic mass is 9.95. The van der Waals surface area contributed by atoms with Gasteiger partial charge in [-0.2, -0.15) is 0 Å². The second-order valence-corrected chi connectivity index (χ2v) is 7.32. The van der Waals surface area contributed by atoms with Crippen LogP contribution < -0.4 is 5.32 Å². The fraction of sp³-hybridized carbons (Fsp3) is 0.600. The molecule has 0 aliphatic heterocycles. The fourth-order valence-corrected chi connectivity index (χ4v) is 4.22. The van der Waals surface area contributed by atoms with E-state index in [0.29, 0.717) is 21.3 Å². The molecule has 1 aliphatic carbocycles. The van der Waals surface area contributed by atoms with Crippen LogP contribution in [0.4, 0.5) is 0 Å². The zero-order chi connectivity index (χ0) is 13.7. The third-order valence-electron chi connectivity index (χ3n) is 3.50. The molecule has 0 aromatic heterocycles.